The van der Waals surface area contributed by atoms with Crippen molar-refractivity contribution in [3.63, 3.8) is 0 Å². The van der Waals surface area contributed by atoms with Crippen LogP contribution < -0.4 is 9.21 Å². The molecule has 6 heteroatoms. The van der Waals surface area contributed by atoms with Crippen LogP contribution in [0.25, 0.3) is 0 Å². The number of hydrogen-bond acceptors (Lipinski definition) is 3. The number of fused-ring (bicyclic) bond motifs is 2. The lowest BCUT2D eigenvalue weighted by Gasteiger charge is -2.25. The number of amides is 1. The van der Waals surface area contributed by atoms with Crippen LogP contribution in [0.3, 0.4) is 0 Å². The minimum atomic E-state index is -3.68. The predicted molar refractivity (Wildman–Crippen MR) is 118 cm³/mol. The average Bonchev–Trinajstić information content (AvgIpc) is 3.33. The molecular formula is C24H22N2O3S. The van der Waals surface area contributed by atoms with E-state index in [2.05, 4.69) is 0 Å². The van der Waals surface area contributed by atoms with Crippen LogP contribution in [-0.4, -0.2) is 26.9 Å². The summed E-state index contributed by atoms with van der Waals surface area (Å²) < 4.78 is 28.5. The van der Waals surface area contributed by atoms with Gasteiger partial charge in [0.1, 0.15) is 0 Å². The lowest BCUT2D eigenvalue weighted by atomic mass is 10.1. The molecule has 2 heterocycles. The van der Waals surface area contributed by atoms with Gasteiger partial charge in [0.2, 0.25) is 0 Å². The smallest absolute Gasteiger partial charge is 0.264 e. The molecule has 1 amide bonds. The molecule has 0 spiro atoms. The molecule has 2 aliphatic rings. The molecule has 152 valence electrons. The van der Waals surface area contributed by atoms with Crippen LogP contribution in [0.1, 0.15) is 28.4 Å². The van der Waals surface area contributed by atoms with E-state index in [1.165, 1.54) is 4.31 Å². The van der Waals surface area contributed by atoms with E-state index < -0.39 is 10.0 Å². The molecule has 1 atom stereocenters. The van der Waals surface area contributed by atoms with Crippen LogP contribution in [-0.2, 0) is 22.9 Å². The van der Waals surface area contributed by atoms with Gasteiger partial charge in [0.25, 0.3) is 15.9 Å². The van der Waals surface area contributed by atoms with Crippen molar-refractivity contribution in [1.82, 2.24) is 0 Å². The third-order valence-corrected chi connectivity index (χ3v) is 7.84. The molecule has 0 radical (unpaired) electrons. The maximum absolute atomic E-state index is 13.5. The van der Waals surface area contributed by atoms with Crippen molar-refractivity contribution in [1.29, 1.82) is 0 Å². The summed E-state index contributed by atoms with van der Waals surface area (Å²) >= 11 is 0. The first-order valence-electron chi connectivity index (χ1n) is 10.1. The van der Waals surface area contributed by atoms with Crippen LogP contribution in [0.4, 0.5) is 11.4 Å². The molecule has 5 rings (SSSR count). The van der Waals surface area contributed by atoms with Crippen molar-refractivity contribution in [2.24, 2.45) is 0 Å². The number of hydrogen-bond donors (Lipinski definition) is 0. The maximum atomic E-state index is 13.5. The number of nitrogens with zero attached hydrogens (tertiary/aromatic N) is 2. The second-order valence-corrected chi connectivity index (χ2v) is 9.66. The molecule has 0 N–H and O–H groups in total. The lowest BCUT2D eigenvalue weighted by molar-refractivity contribution is 0.0989. The standard InChI is InChI=1S/C24H22N2O3S/c1-17-15-19-9-5-6-10-23(19)26(17)30(28,29)21-11-12-22-20(16-21)13-14-25(22)24(27)18-7-3-2-4-8-18/h2-12,16-17H,13-15H2,1H3/t17-/m1/s1. The monoisotopic (exact) mass is 418 g/mol. The fourth-order valence-corrected chi connectivity index (χ4v) is 6.25. The zero-order chi connectivity index (χ0) is 20.9. The lowest BCUT2D eigenvalue weighted by Crippen LogP contribution is -2.35. The molecular weight excluding hydrogens is 396 g/mol. The summed E-state index contributed by atoms with van der Waals surface area (Å²) in [5.41, 5.74) is 4.11. The van der Waals surface area contributed by atoms with Gasteiger partial charge in [-0.1, -0.05) is 36.4 Å². The Morgan fingerprint density at radius 2 is 1.63 bits per heavy atom. The highest BCUT2D eigenvalue weighted by Gasteiger charge is 2.36. The van der Waals surface area contributed by atoms with Crippen LogP contribution in [0.5, 0.6) is 0 Å². The van der Waals surface area contributed by atoms with Crippen molar-refractivity contribution in [3.05, 3.63) is 89.5 Å². The van der Waals surface area contributed by atoms with E-state index in [9.17, 15) is 13.2 Å². The van der Waals surface area contributed by atoms with E-state index in [4.69, 9.17) is 0 Å². The van der Waals surface area contributed by atoms with Gasteiger partial charge in [0.05, 0.1) is 10.6 Å². The van der Waals surface area contributed by atoms with Gasteiger partial charge in [-0.3, -0.25) is 9.10 Å². The molecule has 0 saturated heterocycles. The molecule has 30 heavy (non-hydrogen) atoms. The first-order valence-corrected chi connectivity index (χ1v) is 11.5. The largest absolute Gasteiger partial charge is 0.308 e. The molecule has 0 aliphatic carbocycles. The Morgan fingerprint density at radius 1 is 0.900 bits per heavy atom. The summed E-state index contributed by atoms with van der Waals surface area (Å²) in [6.45, 7) is 2.49. The Balaban J connectivity index is 1.49. The number of rotatable bonds is 3. The van der Waals surface area contributed by atoms with Crippen LogP contribution >= 0.6 is 0 Å². The number of carbonyl (C=O) groups excluding carboxylic acids is 1. The third kappa shape index (κ3) is 2.91. The van der Waals surface area contributed by atoms with Gasteiger partial charge in [0.15, 0.2) is 0 Å². The van der Waals surface area contributed by atoms with E-state index in [0.717, 1.165) is 22.5 Å². The fourth-order valence-electron chi connectivity index (χ4n) is 4.50. The first kappa shape index (κ1) is 18.9. The second kappa shape index (κ2) is 6.99. The molecule has 3 aromatic rings. The van der Waals surface area contributed by atoms with E-state index in [1.807, 2.05) is 49.4 Å². The molecule has 3 aromatic carbocycles. The average molecular weight is 419 g/mol. The van der Waals surface area contributed by atoms with Crippen LogP contribution in [0.2, 0.25) is 0 Å². The second-order valence-electron chi connectivity index (χ2n) is 7.85. The summed E-state index contributed by atoms with van der Waals surface area (Å²) in [6.07, 6.45) is 1.35. The van der Waals surface area contributed by atoms with E-state index in [-0.39, 0.29) is 16.8 Å². The summed E-state index contributed by atoms with van der Waals surface area (Å²) in [4.78, 5) is 14.9. The van der Waals surface area contributed by atoms with Crippen molar-refractivity contribution in [3.8, 4) is 0 Å². The predicted octanol–water partition coefficient (Wildman–Crippen LogP) is 4.03. The Kier molecular flexibility index (Phi) is 4.40. The Morgan fingerprint density at radius 3 is 2.43 bits per heavy atom. The minimum absolute atomic E-state index is 0.0629. The van der Waals surface area contributed by atoms with Gasteiger partial charge in [-0.25, -0.2) is 8.42 Å². The maximum Gasteiger partial charge on any atom is 0.264 e. The minimum Gasteiger partial charge on any atom is -0.308 e. The summed E-state index contributed by atoms with van der Waals surface area (Å²) in [6, 6.07) is 21.8. The van der Waals surface area contributed by atoms with Crippen molar-refractivity contribution in [2.75, 3.05) is 15.7 Å². The molecule has 2 aliphatic heterocycles. The highest BCUT2D eigenvalue weighted by molar-refractivity contribution is 7.92. The van der Waals surface area contributed by atoms with E-state index in [0.29, 0.717) is 24.9 Å². The number of benzene rings is 3. The van der Waals surface area contributed by atoms with Gasteiger partial charge < -0.3 is 4.90 Å². The number of carbonyl (C=O) groups is 1. The van der Waals surface area contributed by atoms with Gasteiger partial charge in [-0.2, -0.15) is 0 Å². The van der Waals surface area contributed by atoms with Gasteiger partial charge in [-0.05, 0) is 67.3 Å². The third-order valence-electron chi connectivity index (χ3n) is 5.91. The quantitative estimate of drug-likeness (QED) is 0.645. The Bertz CT molecular complexity index is 1240. The van der Waals surface area contributed by atoms with Gasteiger partial charge in [0, 0.05) is 23.8 Å². The summed E-state index contributed by atoms with van der Waals surface area (Å²) in [5, 5.41) is 0. The zero-order valence-electron chi connectivity index (χ0n) is 16.7. The Labute approximate surface area is 176 Å². The van der Waals surface area contributed by atoms with Gasteiger partial charge >= 0.3 is 0 Å². The topological polar surface area (TPSA) is 57.7 Å². The summed E-state index contributed by atoms with van der Waals surface area (Å²) in [5.74, 6) is -0.0629. The Hall–Kier alpha value is -3.12. The van der Waals surface area contributed by atoms with Crippen LogP contribution in [0, 0.1) is 0 Å². The van der Waals surface area contributed by atoms with Crippen molar-refractivity contribution < 1.29 is 13.2 Å². The highest BCUT2D eigenvalue weighted by Crippen LogP contribution is 2.38. The zero-order valence-corrected chi connectivity index (χ0v) is 17.5. The number of sulfonamides is 1. The fraction of sp³-hybridized carbons (Fsp3) is 0.208. The highest BCUT2D eigenvalue weighted by atomic mass is 32.2. The van der Waals surface area contributed by atoms with E-state index >= 15 is 0 Å². The normalized spacial score (nSPS) is 17.7. The van der Waals surface area contributed by atoms with Crippen molar-refractivity contribution >= 4 is 27.3 Å². The van der Waals surface area contributed by atoms with Gasteiger partial charge in [-0.15, -0.1) is 0 Å². The number of para-hydroxylation sites is 1. The van der Waals surface area contributed by atoms with Crippen LogP contribution in [0.15, 0.2) is 77.7 Å². The molecule has 0 saturated carbocycles. The molecule has 0 unspecified atom stereocenters. The SMILES string of the molecule is C[C@@H]1Cc2ccccc2N1S(=O)(=O)c1ccc2c(c1)CCN2C(=O)c1ccccc1. The summed E-state index contributed by atoms with van der Waals surface area (Å²) in [7, 11) is -3.68. The number of anilines is 2. The molecule has 0 bridgehead atoms. The molecule has 0 fully saturated rings. The first-order chi connectivity index (χ1) is 14.5. The van der Waals surface area contributed by atoms with Crippen molar-refractivity contribution in [2.45, 2.75) is 30.7 Å². The van der Waals surface area contributed by atoms with E-state index in [1.54, 1.807) is 35.2 Å². The molecule has 5 nitrogen and oxygen atoms in total. The molecule has 0 aromatic heterocycles.